The Labute approximate surface area is 210 Å². The van der Waals surface area contributed by atoms with Crippen LogP contribution in [-0.2, 0) is 11.2 Å². The number of benzene rings is 3. The van der Waals surface area contributed by atoms with Gasteiger partial charge in [-0.05, 0) is 54.1 Å². The third-order valence-corrected chi connectivity index (χ3v) is 5.96. The van der Waals surface area contributed by atoms with Crippen LogP contribution in [0.25, 0.3) is 10.9 Å². The van der Waals surface area contributed by atoms with E-state index in [9.17, 15) is 14.4 Å². The van der Waals surface area contributed by atoms with E-state index < -0.39 is 23.8 Å². The molecule has 3 amide bonds. The van der Waals surface area contributed by atoms with E-state index in [1.807, 2.05) is 24.3 Å². The molecule has 4 aromatic rings. The minimum Gasteiger partial charge on any atom is -0.361 e. The Bertz CT molecular complexity index is 1400. The Morgan fingerprint density at radius 3 is 2.40 bits per heavy atom. The molecule has 1 heterocycles. The van der Waals surface area contributed by atoms with Crippen molar-refractivity contribution in [3.63, 3.8) is 0 Å². The van der Waals surface area contributed by atoms with Gasteiger partial charge >= 0.3 is 0 Å². The summed E-state index contributed by atoms with van der Waals surface area (Å²) in [7, 11) is 0. The molecular weight excluding hydrogens is 491 g/mol. The Hall–Kier alpha value is -3.85. The van der Waals surface area contributed by atoms with Gasteiger partial charge in [-0.1, -0.05) is 41.4 Å². The van der Waals surface area contributed by atoms with Crippen LogP contribution in [-0.4, -0.2) is 34.0 Å². The summed E-state index contributed by atoms with van der Waals surface area (Å²) in [5, 5.41) is 15.8. The van der Waals surface area contributed by atoms with Crippen LogP contribution >= 0.6 is 23.2 Å². The fourth-order valence-electron chi connectivity index (χ4n) is 3.64. The van der Waals surface area contributed by atoms with Crippen molar-refractivity contribution in [2.24, 2.45) is 0 Å². The largest absolute Gasteiger partial charge is 0.361 e. The molecule has 4 rings (SSSR count). The van der Waals surface area contributed by atoms with Gasteiger partial charge in [0.15, 0.2) is 0 Å². The maximum Gasteiger partial charge on any atom is 0.274 e. The number of carbonyl (C=O) groups excluding carboxylic acids is 3. The molecule has 0 aliphatic rings. The average molecular weight is 511 g/mol. The van der Waals surface area contributed by atoms with Crippen LogP contribution in [0.15, 0.2) is 72.9 Å². The Balaban J connectivity index is 1.59. The van der Waals surface area contributed by atoms with Gasteiger partial charge in [-0.25, -0.2) is 5.48 Å². The van der Waals surface area contributed by atoms with Crippen LogP contribution < -0.4 is 16.1 Å². The fraction of sp³-hybridized carbons (Fsp3) is 0.0800. The van der Waals surface area contributed by atoms with Crippen LogP contribution in [0.5, 0.6) is 0 Å². The molecule has 5 N–H and O–H groups in total. The third kappa shape index (κ3) is 5.63. The summed E-state index contributed by atoms with van der Waals surface area (Å²) in [6.07, 6.45) is 2.01. The summed E-state index contributed by atoms with van der Waals surface area (Å²) in [5.74, 6) is -1.66. The van der Waals surface area contributed by atoms with Gasteiger partial charge in [0.2, 0.25) is 5.91 Å². The number of H-pyrrole nitrogens is 1. The van der Waals surface area contributed by atoms with Gasteiger partial charge in [0.1, 0.15) is 6.04 Å². The van der Waals surface area contributed by atoms with Crippen LogP contribution in [0.3, 0.4) is 0 Å². The van der Waals surface area contributed by atoms with Gasteiger partial charge in [-0.2, -0.15) is 0 Å². The van der Waals surface area contributed by atoms with Crippen LogP contribution in [0.1, 0.15) is 26.3 Å². The molecule has 0 aliphatic heterocycles. The lowest BCUT2D eigenvalue weighted by atomic mass is 10.0. The number of halogens is 2. The summed E-state index contributed by atoms with van der Waals surface area (Å²) in [6, 6.07) is 17.1. The molecule has 1 aromatic heterocycles. The molecule has 35 heavy (non-hydrogen) atoms. The summed E-state index contributed by atoms with van der Waals surface area (Å²) >= 11 is 12.1. The first kappa shape index (κ1) is 24.3. The van der Waals surface area contributed by atoms with Crippen LogP contribution in [0, 0.1) is 0 Å². The first-order chi connectivity index (χ1) is 16.9. The molecular formula is C25H20Cl2N4O4. The molecule has 0 bridgehead atoms. The van der Waals surface area contributed by atoms with E-state index in [0.717, 1.165) is 16.5 Å². The monoisotopic (exact) mass is 510 g/mol. The smallest absolute Gasteiger partial charge is 0.274 e. The van der Waals surface area contributed by atoms with Crippen molar-refractivity contribution in [1.29, 1.82) is 0 Å². The van der Waals surface area contributed by atoms with E-state index in [-0.39, 0.29) is 22.6 Å². The number of rotatable bonds is 7. The number of nitrogens with one attached hydrogen (secondary N) is 4. The number of hydrogen-bond acceptors (Lipinski definition) is 4. The van der Waals surface area contributed by atoms with E-state index in [4.69, 9.17) is 28.4 Å². The lowest BCUT2D eigenvalue weighted by molar-refractivity contribution is -0.118. The lowest BCUT2D eigenvalue weighted by Gasteiger charge is -2.19. The summed E-state index contributed by atoms with van der Waals surface area (Å²) in [5.41, 5.74) is 4.11. The molecule has 0 aliphatic carbocycles. The molecule has 0 unspecified atom stereocenters. The van der Waals surface area contributed by atoms with Crippen molar-refractivity contribution in [2.45, 2.75) is 12.5 Å². The number of aromatic nitrogens is 1. The van der Waals surface area contributed by atoms with E-state index >= 15 is 0 Å². The molecule has 1 atom stereocenters. The van der Waals surface area contributed by atoms with E-state index in [1.165, 1.54) is 36.4 Å². The van der Waals surface area contributed by atoms with Crippen LogP contribution in [0.2, 0.25) is 10.0 Å². The zero-order chi connectivity index (χ0) is 24.9. The second-order valence-corrected chi connectivity index (χ2v) is 8.57. The highest BCUT2D eigenvalue weighted by Gasteiger charge is 2.24. The molecule has 8 nitrogen and oxygen atoms in total. The molecule has 0 fully saturated rings. The minimum absolute atomic E-state index is 0.166. The van der Waals surface area contributed by atoms with Crippen molar-refractivity contribution < 1.29 is 19.6 Å². The highest BCUT2D eigenvalue weighted by Crippen LogP contribution is 2.23. The van der Waals surface area contributed by atoms with E-state index in [0.29, 0.717) is 10.7 Å². The SMILES string of the molecule is O=C(NO)c1ccc(NC(=O)[C@H](Cc2c[nH]c3ccccc23)NC(=O)c2ccc(Cl)cc2Cl)cc1. The molecule has 178 valence electrons. The number of amides is 3. The van der Waals surface area contributed by atoms with Crippen molar-refractivity contribution in [2.75, 3.05) is 5.32 Å². The van der Waals surface area contributed by atoms with Gasteiger partial charge in [-0.3, -0.25) is 19.6 Å². The standard InChI is InChI=1S/C25H20Cl2N4O4/c26-16-7-10-19(20(27)12-16)24(33)30-22(11-15-13-28-21-4-2-1-3-18(15)21)25(34)29-17-8-5-14(6-9-17)23(32)31-35/h1-10,12-13,22,28,35H,11H2,(H,29,34)(H,30,33)(H,31,32)/t22-/m0/s1. The summed E-state index contributed by atoms with van der Waals surface area (Å²) in [6.45, 7) is 0. The van der Waals surface area contributed by atoms with Crippen LogP contribution in [0.4, 0.5) is 5.69 Å². The average Bonchev–Trinajstić information content (AvgIpc) is 3.26. The molecule has 0 saturated carbocycles. The predicted octanol–water partition coefficient (Wildman–Crippen LogP) is 4.57. The van der Waals surface area contributed by atoms with E-state index in [1.54, 1.807) is 17.7 Å². The Kier molecular flexibility index (Phi) is 7.36. The Morgan fingerprint density at radius 1 is 0.943 bits per heavy atom. The highest BCUT2D eigenvalue weighted by atomic mass is 35.5. The van der Waals surface area contributed by atoms with Crippen molar-refractivity contribution in [3.8, 4) is 0 Å². The quantitative estimate of drug-likeness (QED) is 0.184. The third-order valence-electron chi connectivity index (χ3n) is 5.41. The highest BCUT2D eigenvalue weighted by molar-refractivity contribution is 6.36. The zero-order valence-electron chi connectivity index (χ0n) is 18.1. The molecule has 10 heteroatoms. The molecule has 0 saturated heterocycles. The topological polar surface area (TPSA) is 123 Å². The fourth-order valence-corrected chi connectivity index (χ4v) is 4.13. The van der Waals surface area contributed by atoms with Gasteiger partial charge in [0, 0.05) is 39.8 Å². The molecule has 0 spiro atoms. The second-order valence-electron chi connectivity index (χ2n) is 7.72. The van der Waals surface area contributed by atoms with Crippen molar-refractivity contribution in [1.82, 2.24) is 15.8 Å². The normalized spacial score (nSPS) is 11.6. The number of hydroxylamine groups is 1. The number of hydrogen-bond donors (Lipinski definition) is 5. The lowest BCUT2D eigenvalue weighted by Crippen LogP contribution is -2.45. The van der Waals surface area contributed by atoms with Crippen molar-refractivity contribution >= 4 is 57.5 Å². The van der Waals surface area contributed by atoms with Gasteiger partial charge in [-0.15, -0.1) is 0 Å². The van der Waals surface area contributed by atoms with Gasteiger partial charge in [0.05, 0.1) is 10.6 Å². The van der Waals surface area contributed by atoms with E-state index in [2.05, 4.69) is 15.6 Å². The van der Waals surface area contributed by atoms with Gasteiger partial charge < -0.3 is 15.6 Å². The molecule has 0 radical (unpaired) electrons. The zero-order valence-corrected chi connectivity index (χ0v) is 19.7. The van der Waals surface area contributed by atoms with Gasteiger partial charge in [0.25, 0.3) is 11.8 Å². The maximum atomic E-state index is 13.2. The Morgan fingerprint density at radius 2 is 1.69 bits per heavy atom. The number of anilines is 1. The molecule has 3 aromatic carbocycles. The first-order valence-electron chi connectivity index (χ1n) is 10.5. The minimum atomic E-state index is -0.950. The maximum absolute atomic E-state index is 13.2. The number of fused-ring (bicyclic) bond motifs is 1. The first-order valence-corrected chi connectivity index (χ1v) is 11.3. The number of aromatic amines is 1. The summed E-state index contributed by atoms with van der Waals surface area (Å²) in [4.78, 5) is 40.9. The summed E-state index contributed by atoms with van der Waals surface area (Å²) < 4.78 is 0. The number of para-hydroxylation sites is 1. The predicted molar refractivity (Wildman–Crippen MR) is 134 cm³/mol. The van der Waals surface area contributed by atoms with Crippen molar-refractivity contribution in [3.05, 3.63) is 99.7 Å². The number of carbonyl (C=O) groups is 3. The second kappa shape index (κ2) is 10.6.